The number of nitrogens with zero attached hydrogens (tertiary/aromatic N) is 2. The standard InChI is InChI=1S/C24H23ClN2O/c1-18-9-2-5-14-23(18)28-16-7-6-15-27-22-13-4-3-12-21(22)26-24(27)19-10-8-11-20(25)17-19/h2-5,8-14,17H,6-7,15-16H2,1H3. The van der Waals surface area contributed by atoms with Crippen molar-refractivity contribution in [2.75, 3.05) is 6.61 Å². The van der Waals surface area contributed by atoms with Crippen LogP contribution < -0.4 is 4.74 Å². The number of rotatable bonds is 7. The van der Waals surface area contributed by atoms with Gasteiger partial charge in [-0.15, -0.1) is 0 Å². The largest absolute Gasteiger partial charge is 0.493 e. The van der Waals surface area contributed by atoms with Crippen LogP contribution in [0.4, 0.5) is 0 Å². The van der Waals surface area contributed by atoms with Crippen LogP contribution in [0.15, 0.2) is 72.8 Å². The fourth-order valence-corrected chi connectivity index (χ4v) is 3.61. The number of benzene rings is 3. The average Bonchev–Trinajstić information content (AvgIpc) is 3.08. The van der Waals surface area contributed by atoms with Gasteiger partial charge in [0.1, 0.15) is 11.6 Å². The van der Waals surface area contributed by atoms with Crippen LogP contribution in [0.5, 0.6) is 5.75 Å². The molecule has 0 saturated carbocycles. The predicted molar refractivity (Wildman–Crippen MR) is 116 cm³/mol. The summed E-state index contributed by atoms with van der Waals surface area (Å²) in [6.07, 6.45) is 2.00. The molecular formula is C24H23ClN2O. The highest BCUT2D eigenvalue weighted by atomic mass is 35.5. The van der Waals surface area contributed by atoms with Crippen molar-refractivity contribution in [1.29, 1.82) is 0 Å². The number of aromatic nitrogens is 2. The number of hydrogen-bond donors (Lipinski definition) is 0. The normalized spacial score (nSPS) is 11.1. The lowest BCUT2D eigenvalue weighted by Crippen LogP contribution is -2.04. The minimum absolute atomic E-state index is 0.712. The van der Waals surface area contributed by atoms with Gasteiger partial charge in [0.2, 0.25) is 0 Å². The third-order valence-corrected chi connectivity index (χ3v) is 5.10. The maximum absolute atomic E-state index is 6.21. The molecule has 28 heavy (non-hydrogen) atoms. The molecule has 1 aromatic heterocycles. The summed E-state index contributed by atoms with van der Waals surface area (Å²) in [5.41, 5.74) is 4.37. The van der Waals surface area contributed by atoms with Crippen molar-refractivity contribution in [3.63, 3.8) is 0 Å². The van der Waals surface area contributed by atoms with Crippen LogP contribution in [0, 0.1) is 6.92 Å². The zero-order chi connectivity index (χ0) is 19.3. The molecule has 0 atom stereocenters. The lowest BCUT2D eigenvalue weighted by molar-refractivity contribution is 0.302. The first-order valence-corrected chi connectivity index (χ1v) is 10.00. The van der Waals surface area contributed by atoms with Crippen LogP contribution in [0.25, 0.3) is 22.4 Å². The van der Waals surface area contributed by atoms with Crippen LogP contribution in [-0.2, 0) is 6.54 Å². The Hall–Kier alpha value is -2.78. The molecule has 3 nitrogen and oxygen atoms in total. The molecule has 1 heterocycles. The summed E-state index contributed by atoms with van der Waals surface area (Å²) in [6.45, 7) is 3.67. The van der Waals surface area contributed by atoms with Crippen molar-refractivity contribution in [2.45, 2.75) is 26.3 Å². The lowest BCUT2D eigenvalue weighted by Gasteiger charge is -2.11. The van der Waals surface area contributed by atoms with Crippen LogP contribution in [0.1, 0.15) is 18.4 Å². The Morgan fingerprint density at radius 2 is 1.75 bits per heavy atom. The Kier molecular flexibility index (Phi) is 5.63. The van der Waals surface area contributed by atoms with E-state index in [1.807, 2.05) is 42.5 Å². The highest BCUT2D eigenvalue weighted by Gasteiger charge is 2.12. The molecule has 0 aliphatic heterocycles. The maximum Gasteiger partial charge on any atom is 0.141 e. The van der Waals surface area contributed by atoms with E-state index < -0.39 is 0 Å². The quantitative estimate of drug-likeness (QED) is 0.335. The van der Waals surface area contributed by atoms with E-state index >= 15 is 0 Å². The van der Waals surface area contributed by atoms with Crippen LogP contribution in [0.3, 0.4) is 0 Å². The van der Waals surface area contributed by atoms with Crippen LogP contribution in [-0.4, -0.2) is 16.2 Å². The van der Waals surface area contributed by atoms with Crippen molar-refractivity contribution in [3.8, 4) is 17.1 Å². The smallest absolute Gasteiger partial charge is 0.141 e. The fourth-order valence-electron chi connectivity index (χ4n) is 3.42. The summed E-state index contributed by atoms with van der Waals surface area (Å²) >= 11 is 6.21. The second-order valence-corrected chi connectivity index (χ2v) is 7.34. The molecule has 0 aliphatic rings. The van der Waals surface area contributed by atoms with E-state index in [0.717, 1.165) is 52.6 Å². The van der Waals surface area contributed by atoms with Gasteiger partial charge in [0, 0.05) is 17.1 Å². The molecule has 4 rings (SSSR count). The number of imidazole rings is 1. The summed E-state index contributed by atoms with van der Waals surface area (Å²) in [6, 6.07) is 24.3. The van der Waals surface area contributed by atoms with Gasteiger partial charge in [-0.2, -0.15) is 0 Å². The number of ether oxygens (including phenoxy) is 1. The zero-order valence-corrected chi connectivity index (χ0v) is 16.7. The summed E-state index contributed by atoms with van der Waals surface area (Å²) in [5.74, 6) is 1.93. The summed E-state index contributed by atoms with van der Waals surface area (Å²) in [4.78, 5) is 4.86. The molecule has 0 spiro atoms. The van der Waals surface area contributed by atoms with E-state index in [1.165, 1.54) is 5.56 Å². The predicted octanol–water partition coefficient (Wildman–Crippen LogP) is 6.52. The fraction of sp³-hybridized carbons (Fsp3) is 0.208. The monoisotopic (exact) mass is 390 g/mol. The SMILES string of the molecule is Cc1ccccc1OCCCCn1c(-c2cccc(Cl)c2)nc2ccccc21. The molecule has 0 aliphatic carbocycles. The van der Waals surface area contributed by atoms with Crippen molar-refractivity contribution < 1.29 is 4.74 Å². The van der Waals surface area contributed by atoms with Crippen molar-refractivity contribution in [1.82, 2.24) is 9.55 Å². The van der Waals surface area contributed by atoms with Gasteiger partial charge in [-0.3, -0.25) is 0 Å². The summed E-state index contributed by atoms with van der Waals surface area (Å²) < 4.78 is 8.22. The van der Waals surface area contributed by atoms with E-state index in [9.17, 15) is 0 Å². The molecule has 0 fully saturated rings. The van der Waals surface area contributed by atoms with Gasteiger partial charge in [-0.05, 0) is 55.7 Å². The minimum atomic E-state index is 0.712. The second kappa shape index (κ2) is 8.49. The van der Waals surface area contributed by atoms with Gasteiger partial charge in [-0.1, -0.05) is 54.1 Å². The molecule has 0 N–H and O–H groups in total. The molecule has 4 aromatic rings. The van der Waals surface area contributed by atoms with Crippen molar-refractivity contribution in [2.24, 2.45) is 0 Å². The number of para-hydroxylation sites is 3. The molecule has 0 bridgehead atoms. The van der Waals surface area contributed by atoms with E-state index in [4.69, 9.17) is 21.3 Å². The van der Waals surface area contributed by atoms with Gasteiger partial charge in [0.25, 0.3) is 0 Å². The molecule has 0 amide bonds. The highest BCUT2D eigenvalue weighted by molar-refractivity contribution is 6.30. The Morgan fingerprint density at radius 1 is 0.929 bits per heavy atom. The van der Waals surface area contributed by atoms with Crippen LogP contribution >= 0.6 is 11.6 Å². The third-order valence-electron chi connectivity index (χ3n) is 4.86. The van der Waals surface area contributed by atoms with Crippen LogP contribution in [0.2, 0.25) is 5.02 Å². The van der Waals surface area contributed by atoms with Gasteiger partial charge in [0.15, 0.2) is 0 Å². The lowest BCUT2D eigenvalue weighted by atomic mass is 10.2. The number of halogens is 1. The number of unbranched alkanes of at least 4 members (excludes halogenated alkanes) is 1. The first kappa shape index (κ1) is 18.6. The first-order valence-electron chi connectivity index (χ1n) is 9.62. The van der Waals surface area contributed by atoms with Gasteiger partial charge >= 0.3 is 0 Å². The van der Waals surface area contributed by atoms with E-state index in [2.05, 4.69) is 41.8 Å². The number of fused-ring (bicyclic) bond motifs is 1. The topological polar surface area (TPSA) is 27.1 Å². The molecule has 0 radical (unpaired) electrons. The van der Waals surface area contributed by atoms with E-state index in [0.29, 0.717) is 6.61 Å². The molecule has 4 heteroatoms. The van der Waals surface area contributed by atoms with Gasteiger partial charge in [-0.25, -0.2) is 4.98 Å². The van der Waals surface area contributed by atoms with E-state index in [1.54, 1.807) is 0 Å². The summed E-state index contributed by atoms with van der Waals surface area (Å²) in [7, 11) is 0. The zero-order valence-electron chi connectivity index (χ0n) is 15.9. The molecule has 0 unspecified atom stereocenters. The van der Waals surface area contributed by atoms with Gasteiger partial charge in [0.05, 0.1) is 17.6 Å². The van der Waals surface area contributed by atoms with Crippen molar-refractivity contribution >= 4 is 22.6 Å². The maximum atomic E-state index is 6.21. The molecular weight excluding hydrogens is 368 g/mol. The molecule has 142 valence electrons. The minimum Gasteiger partial charge on any atom is -0.493 e. The third kappa shape index (κ3) is 4.05. The highest BCUT2D eigenvalue weighted by Crippen LogP contribution is 2.27. The Bertz CT molecular complexity index is 1090. The number of hydrogen-bond acceptors (Lipinski definition) is 2. The molecule has 3 aromatic carbocycles. The Balaban J connectivity index is 1.48. The Labute approximate surface area is 170 Å². The molecule has 0 saturated heterocycles. The van der Waals surface area contributed by atoms with E-state index in [-0.39, 0.29) is 0 Å². The Morgan fingerprint density at radius 3 is 2.61 bits per heavy atom. The first-order chi connectivity index (χ1) is 13.7. The summed E-state index contributed by atoms with van der Waals surface area (Å²) in [5, 5.41) is 0.725. The number of aryl methyl sites for hydroxylation is 2. The van der Waals surface area contributed by atoms with Gasteiger partial charge < -0.3 is 9.30 Å². The second-order valence-electron chi connectivity index (χ2n) is 6.91. The van der Waals surface area contributed by atoms with Crippen molar-refractivity contribution in [3.05, 3.63) is 83.4 Å². The average molecular weight is 391 g/mol.